The molecule has 1 atom stereocenters. The van der Waals surface area contributed by atoms with Crippen LogP contribution in [-0.4, -0.2) is 41.1 Å². The third-order valence-electron chi connectivity index (χ3n) is 2.36. The van der Waals surface area contributed by atoms with Crippen LogP contribution in [0.1, 0.15) is 25.7 Å². The van der Waals surface area contributed by atoms with Crippen LogP contribution in [0.25, 0.3) is 0 Å². The monoisotopic (exact) mass is 215 g/mol. The van der Waals surface area contributed by atoms with Crippen molar-refractivity contribution in [3.05, 3.63) is 0 Å². The molecule has 1 heterocycles. The van der Waals surface area contributed by atoms with Crippen molar-refractivity contribution >= 4 is 11.9 Å². The summed E-state index contributed by atoms with van der Waals surface area (Å²) in [6.45, 7) is 1.62. The van der Waals surface area contributed by atoms with E-state index in [4.69, 9.17) is 10.8 Å². The van der Waals surface area contributed by atoms with Crippen LogP contribution in [0.15, 0.2) is 0 Å². The van der Waals surface area contributed by atoms with Crippen molar-refractivity contribution in [2.75, 3.05) is 13.1 Å². The van der Waals surface area contributed by atoms with Gasteiger partial charge in [-0.15, -0.1) is 0 Å². The van der Waals surface area contributed by atoms with Crippen LogP contribution in [0.3, 0.4) is 0 Å². The minimum Gasteiger partial charge on any atom is -0.481 e. The normalized spacial score (nSPS) is 19.5. The third-order valence-corrected chi connectivity index (χ3v) is 2.36. The first-order chi connectivity index (χ1) is 7.09. The fourth-order valence-electron chi connectivity index (χ4n) is 1.53. The van der Waals surface area contributed by atoms with E-state index in [1.165, 1.54) is 6.42 Å². The minimum atomic E-state index is -1.06. The van der Waals surface area contributed by atoms with E-state index >= 15 is 0 Å². The zero-order chi connectivity index (χ0) is 11.3. The number of carbonyl (C=O) groups excluding carboxylic acids is 1. The lowest BCUT2D eigenvalue weighted by Gasteiger charge is -2.27. The number of carboxylic acids is 1. The standard InChI is InChI=1S/C9H17N3O3/c10-7(6-8(13)14)9(15)11-12-4-2-1-3-5-12/h7H,1-6,10H2,(H,11,15)(H,13,14). The first-order valence-electron chi connectivity index (χ1n) is 5.12. The molecule has 0 spiro atoms. The van der Waals surface area contributed by atoms with Crippen molar-refractivity contribution in [3.8, 4) is 0 Å². The Balaban J connectivity index is 2.30. The van der Waals surface area contributed by atoms with Crippen molar-refractivity contribution in [2.24, 2.45) is 5.73 Å². The van der Waals surface area contributed by atoms with E-state index in [2.05, 4.69) is 5.43 Å². The highest BCUT2D eigenvalue weighted by molar-refractivity contribution is 5.85. The molecule has 0 aromatic carbocycles. The number of hydrogen-bond donors (Lipinski definition) is 3. The summed E-state index contributed by atoms with van der Waals surface area (Å²) in [6.07, 6.45) is 2.94. The summed E-state index contributed by atoms with van der Waals surface area (Å²) >= 11 is 0. The topological polar surface area (TPSA) is 95.7 Å². The molecule has 0 saturated carbocycles. The lowest BCUT2D eigenvalue weighted by molar-refractivity contribution is -0.140. The molecule has 1 aliphatic rings. The number of nitrogens with one attached hydrogen (secondary N) is 1. The van der Waals surface area contributed by atoms with E-state index in [1.54, 1.807) is 5.01 Å². The molecule has 0 aromatic rings. The average Bonchev–Trinajstić information content (AvgIpc) is 2.18. The average molecular weight is 215 g/mol. The van der Waals surface area contributed by atoms with Crippen LogP contribution >= 0.6 is 0 Å². The Hall–Kier alpha value is -1.14. The molecule has 1 amide bonds. The summed E-state index contributed by atoms with van der Waals surface area (Å²) < 4.78 is 0. The van der Waals surface area contributed by atoms with Crippen LogP contribution in [0.4, 0.5) is 0 Å². The largest absolute Gasteiger partial charge is 0.481 e. The van der Waals surface area contributed by atoms with Crippen LogP contribution in [0.2, 0.25) is 0 Å². The van der Waals surface area contributed by atoms with E-state index in [-0.39, 0.29) is 6.42 Å². The van der Waals surface area contributed by atoms with Crippen LogP contribution in [0, 0.1) is 0 Å². The van der Waals surface area contributed by atoms with Gasteiger partial charge >= 0.3 is 5.97 Å². The smallest absolute Gasteiger partial charge is 0.305 e. The molecule has 0 aliphatic carbocycles. The predicted molar refractivity (Wildman–Crippen MR) is 53.8 cm³/mol. The van der Waals surface area contributed by atoms with Crippen molar-refractivity contribution in [1.29, 1.82) is 0 Å². The molecular formula is C9H17N3O3. The van der Waals surface area contributed by atoms with Crippen LogP contribution < -0.4 is 11.2 Å². The maximum absolute atomic E-state index is 11.4. The van der Waals surface area contributed by atoms with E-state index < -0.39 is 17.9 Å². The number of carbonyl (C=O) groups is 2. The molecule has 0 bridgehead atoms. The lowest BCUT2D eigenvalue weighted by Crippen LogP contribution is -2.51. The zero-order valence-electron chi connectivity index (χ0n) is 8.61. The Bertz CT molecular complexity index is 239. The maximum Gasteiger partial charge on any atom is 0.305 e. The lowest BCUT2D eigenvalue weighted by atomic mass is 10.1. The van der Waals surface area contributed by atoms with E-state index in [0.717, 1.165) is 25.9 Å². The van der Waals surface area contributed by atoms with Gasteiger partial charge < -0.3 is 10.8 Å². The van der Waals surface area contributed by atoms with Gasteiger partial charge in [0.2, 0.25) is 0 Å². The first kappa shape index (κ1) is 11.9. The Morgan fingerprint density at radius 1 is 1.33 bits per heavy atom. The molecule has 1 rings (SSSR count). The van der Waals surface area contributed by atoms with Gasteiger partial charge in [-0.2, -0.15) is 0 Å². The van der Waals surface area contributed by atoms with Crippen molar-refractivity contribution in [3.63, 3.8) is 0 Å². The molecule has 86 valence electrons. The van der Waals surface area contributed by atoms with Crippen LogP contribution in [-0.2, 0) is 9.59 Å². The number of aliphatic carboxylic acids is 1. The minimum absolute atomic E-state index is 0.334. The number of hydrogen-bond acceptors (Lipinski definition) is 4. The van der Waals surface area contributed by atoms with Gasteiger partial charge in [-0.25, -0.2) is 5.01 Å². The SMILES string of the molecule is NC(CC(=O)O)C(=O)NN1CCCCC1. The Kier molecular flexibility index (Phi) is 4.51. The van der Waals surface area contributed by atoms with Gasteiger partial charge in [0.1, 0.15) is 0 Å². The number of rotatable bonds is 4. The molecule has 0 aromatic heterocycles. The van der Waals surface area contributed by atoms with Crippen molar-refractivity contribution in [1.82, 2.24) is 10.4 Å². The van der Waals surface area contributed by atoms with Gasteiger partial charge in [0.05, 0.1) is 12.5 Å². The summed E-state index contributed by atoms with van der Waals surface area (Å²) in [6, 6.07) is -0.968. The van der Waals surface area contributed by atoms with Gasteiger partial charge in [0, 0.05) is 13.1 Å². The summed E-state index contributed by atoms with van der Waals surface area (Å²) in [5.41, 5.74) is 8.05. The fraction of sp³-hybridized carbons (Fsp3) is 0.778. The molecule has 4 N–H and O–H groups in total. The van der Waals surface area contributed by atoms with E-state index in [0.29, 0.717) is 0 Å². The summed E-state index contributed by atoms with van der Waals surface area (Å²) in [4.78, 5) is 21.7. The number of hydrazine groups is 1. The summed E-state index contributed by atoms with van der Waals surface area (Å²) in [5.74, 6) is -1.48. The highest BCUT2D eigenvalue weighted by Gasteiger charge is 2.20. The van der Waals surface area contributed by atoms with Gasteiger partial charge in [0.15, 0.2) is 0 Å². The van der Waals surface area contributed by atoms with Gasteiger partial charge in [0.25, 0.3) is 5.91 Å². The summed E-state index contributed by atoms with van der Waals surface area (Å²) in [7, 11) is 0. The number of nitrogens with zero attached hydrogens (tertiary/aromatic N) is 1. The second-order valence-corrected chi connectivity index (χ2v) is 3.73. The van der Waals surface area contributed by atoms with E-state index in [1.807, 2.05) is 0 Å². The first-order valence-corrected chi connectivity index (χ1v) is 5.12. The van der Waals surface area contributed by atoms with Gasteiger partial charge in [-0.1, -0.05) is 6.42 Å². The zero-order valence-corrected chi connectivity index (χ0v) is 8.61. The van der Waals surface area contributed by atoms with Crippen molar-refractivity contribution in [2.45, 2.75) is 31.7 Å². The number of nitrogens with two attached hydrogens (primary N) is 1. The van der Waals surface area contributed by atoms with Crippen LogP contribution in [0.5, 0.6) is 0 Å². The number of amides is 1. The number of piperidine rings is 1. The molecule has 15 heavy (non-hydrogen) atoms. The predicted octanol–water partition coefficient (Wildman–Crippen LogP) is -0.695. The highest BCUT2D eigenvalue weighted by atomic mass is 16.4. The molecule has 1 aliphatic heterocycles. The molecule has 6 nitrogen and oxygen atoms in total. The molecular weight excluding hydrogens is 198 g/mol. The molecule has 1 saturated heterocycles. The quantitative estimate of drug-likeness (QED) is 0.576. The highest BCUT2D eigenvalue weighted by Crippen LogP contribution is 2.05. The third kappa shape index (κ3) is 4.26. The fourth-order valence-corrected chi connectivity index (χ4v) is 1.53. The molecule has 0 radical (unpaired) electrons. The van der Waals surface area contributed by atoms with Crippen molar-refractivity contribution < 1.29 is 14.7 Å². The number of carboxylic acid groups (broad SMARTS) is 1. The second kappa shape index (κ2) is 5.67. The van der Waals surface area contributed by atoms with Gasteiger partial charge in [-0.3, -0.25) is 15.0 Å². The van der Waals surface area contributed by atoms with Gasteiger partial charge in [-0.05, 0) is 12.8 Å². The van der Waals surface area contributed by atoms with E-state index in [9.17, 15) is 9.59 Å². The Morgan fingerprint density at radius 2 is 1.93 bits per heavy atom. The molecule has 6 heteroatoms. The molecule has 1 unspecified atom stereocenters. The Labute approximate surface area is 88.4 Å². The Morgan fingerprint density at radius 3 is 2.47 bits per heavy atom. The second-order valence-electron chi connectivity index (χ2n) is 3.73. The molecule has 1 fully saturated rings. The summed E-state index contributed by atoms with van der Waals surface area (Å²) in [5, 5.41) is 10.3. The maximum atomic E-state index is 11.4.